The van der Waals surface area contributed by atoms with Crippen LogP contribution in [0.3, 0.4) is 0 Å². The van der Waals surface area contributed by atoms with E-state index in [0.29, 0.717) is 13.2 Å². The molecule has 0 aliphatic carbocycles. The Morgan fingerprint density at radius 1 is 1.03 bits per heavy atom. The van der Waals surface area contributed by atoms with E-state index in [1.807, 2.05) is 53.2 Å². The number of aryl methyl sites for hydroxylation is 1. The number of halogens is 1. The number of hydrogen-bond donors (Lipinski definition) is 0. The second kappa shape index (κ2) is 9.60. The van der Waals surface area contributed by atoms with Crippen molar-refractivity contribution < 1.29 is 19.0 Å². The van der Waals surface area contributed by atoms with Gasteiger partial charge in [0.15, 0.2) is 0 Å². The van der Waals surface area contributed by atoms with E-state index in [4.69, 9.17) is 19.3 Å². The number of carbonyl (C=O) groups is 1. The van der Waals surface area contributed by atoms with Crippen molar-refractivity contribution in [3.8, 4) is 34.0 Å². The Kier molecular flexibility index (Phi) is 6.93. The third-order valence-electron chi connectivity index (χ3n) is 4.41. The van der Waals surface area contributed by atoms with E-state index < -0.39 is 0 Å². The summed E-state index contributed by atoms with van der Waals surface area (Å²) in [5.74, 6) is 1.24. The highest BCUT2D eigenvalue weighted by atomic mass is 79.9. The molecule has 0 spiro atoms. The van der Waals surface area contributed by atoms with E-state index in [9.17, 15) is 4.79 Å². The lowest BCUT2D eigenvalue weighted by atomic mass is 10.1. The summed E-state index contributed by atoms with van der Waals surface area (Å²) in [6.45, 7) is 2.55. The van der Waals surface area contributed by atoms with E-state index in [1.54, 1.807) is 21.1 Å². The van der Waals surface area contributed by atoms with Gasteiger partial charge >= 0.3 is 5.97 Å². The predicted octanol–water partition coefficient (Wildman–Crippen LogP) is 4.95. The molecule has 0 atom stereocenters. The first-order valence-electron chi connectivity index (χ1n) is 9.28. The van der Waals surface area contributed by atoms with Crippen molar-refractivity contribution in [3.05, 3.63) is 53.0 Å². The van der Waals surface area contributed by atoms with Gasteiger partial charge in [0.05, 0.1) is 44.0 Å². The topological polar surface area (TPSA) is 62.6 Å². The Morgan fingerprint density at radius 3 is 2.28 bits per heavy atom. The fourth-order valence-electron chi connectivity index (χ4n) is 3.03. The molecule has 0 unspecified atom stereocenters. The van der Waals surface area contributed by atoms with Crippen LogP contribution in [0, 0.1) is 0 Å². The number of hydrogen-bond acceptors (Lipinski definition) is 5. The van der Waals surface area contributed by atoms with Crippen LogP contribution < -0.4 is 9.47 Å². The molecule has 7 heteroatoms. The first kappa shape index (κ1) is 20.9. The van der Waals surface area contributed by atoms with Gasteiger partial charge in [-0.1, -0.05) is 24.3 Å². The number of ether oxygens (including phenoxy) is 3. The van der Waals surface area contributed by atoms with E-state index >= 15 is 0 Å². The Labute approximate surface area is 178 Å². The Bertz CT molecular complexity index is 1000. The van der Waals surface area contributed by atoms with Crippen molar-refractivity contribution >= 4 is 21.9 Å². The summed E-state index contributed by atoms with van der Waals surface area (Å²) >= 11 is 3.73. The van der Waals surface area contributed by atoms with Crippen molar-refractivity contribution in [2.45, 2.75) is 19.9 Å². The van der Waals surface area contributed by atoms with Gasteiger partial charge in [0, 0.05) is 11.1 Å². The molecule has 2 aromatic carbocycles. The zero-order valence-electron chi connectivity index (χ0n) is 16.6. The smallest absolute Gasteiger partial charge is 0.307 e. The maximum Gasteiger partial charge on any atom is 0.307 e. The van der Waals surface area contributed by atoms with Crippen LogP contribution in [-0.2, 0) is 16.1 Å². The largest absolute Gasteiger partial charge is 0.497 e. The summed E-state index contributed by atoms with van der Waals surface area (Å²) in [5.41, 5.74) is 3.48. The highest BCUT2D eigenvalue weighted by Crippen LogP contribution is 2.38. The zero-order chi connectivity index (χ0) is 20.8. The monoisotopic (exact) mass is 458 g/mol. The first-order chi connectivity index (χ1) is 14.1. The second-order valence-corrected chi connectivity index (χ2v) is 7.05. The van der Waals surface area contributed by atoms with Gasteiger partial charge in [-0.25, -0.2) is 0 Å². The average molecular weight is 459 g/mol. The molecule has 0 radical (unpaired) electrons. The minimum absolute atomic E-state index is 0.233. The first-order valence-corrected chi connectivity index (χ1v) is 10.1. The molecule has 0 aliphatic heterocycles. The average Bonchev–Trinajstić information content (AvgIpc) is 3.08. The number of methoxy groups -OCH3 is 2. The van der Waals surface area contributed by atoms with E-state index in [1.165, 1.54) is 0 Å². The van der Waals surface area contributed by atoms with Crippen molar-refractivity contribution in [1.82, 2.24) is 9.78 Å². The normalized spacial score (nSPS) is 10.6. The summed E-state index contributed by atoms with van der Waals surface area (Å²) in [7, 11) is 3.27. The van der Waals surface area contributed by atoms with Crippen LogP contribution in [0.4, 0.5) is 0 Å². The standard InChI is InChI=1S/C22H23BrN2O4/c1-4-29-19(26)11-12-25-22(16-8-6-10-18(14-16)28-3)20(23)21(24-25)15-7-5-9-17(13-15)27-2/h5-10,13-14H,4,11-12H2,1-3H3. The molecule has 0 bridgehead atoms. The fourth-order valence-corrected chi connectivity index (χ4v) is 3.77. The lowest BCUT2D eigenvalue weighted by Crippen LogP contribution is -2.11. The van der Waals surface area contributed by atoms with E-state index in [2.05, 4.69) is 15.9 Å². The Hall–Kier alpha value is -2.80. The zero-order valence-corrected chi connectivity index (χ0v) is 18.2. The van der Waals surface area contributed by atoms with Gasteiger partial charge in [0.1, 0.15) is 17.2 Å². The van der Waals surface area contributed by atoms with Crippen LogP contribution in [-0.4, -0.2) is 36.6 Å². The lowest BCUT2D eigenvalue weighted by Gasteiger charge is -2.09. The third kappa shape index (κ3) is 4.79. The molecule has 29 heavy (non-hydrogen) atoms. The molecule has 0 amide bonds. The van der Waals surface area contributed by atoms with Crippen LogP contribution in [0.15, 0.2) is 53.0 Å². The minimum Gasteiger partial charge on any atom is -0.497 e. The molecule has 0 fully saturated rings. The summed E-state index contributed by atoms with van der Waals surface area (Å²) in [4.78, 5) is 11.9. The van der Waals surface area contributed by atoms with Gasteiger partial charge in [-0.2, -0.15) is 5.10 Å². The molecule has 6 nitrogen and oxygen atoms in total. The molecule has 3 aromatic rings. The number of nitrogens with zero attached hydrogens (tertiary/aromatic N) is 2. The van der Waals surface area contributed by atoms with Crippen LogP contribution in [0.5, 0.6) is 11.5 Å². The number of aromatic nitrogens is 2. The number of esters is 1. The molecule has 1 heterocycles. The molecular weight excluding hydrogens is 436 g/mol. The maximum absolute atomic E-state index is 11.9. The lowest BCUT2D eigenvalue weighted by molar-refractivity contribution is -0.143. The van der Waals surface area contributed by atoms with Gasteiger partial charge < -0.3 is 14.2 Å². The Morgan fingerprint density at radius 2 is 1.66 bits per heavy atom. The molecule has 0 saturated heterocycles. The molecule has 3 rings (SSSR count). The van der Waals surface area contributed by atoms with Crippen molar-refractivity contribution in [3.63, 3.8) is 0 Å². The van der Waals surface area contributed by atoms with Gasteiger partial charge in [-0.3, -0.25) is 9.48 Å². The van der Waals surface area contributed by atoms with Gasteiger partial charge in [-0.05, 0) is 47.1 Å². The van der Waals surface area contributed by atoms with E-state index in [-0.39, 0.29) is 12.4 Å². The minimum atomic E-state index is -0.251. The van der Waals surface area contributed by atoms with Crippen molar-refractivity contribution in [1.29, 1.82) is 0 Å². The van der Waals surface area contributed by atoms with Gasteiger partial charge in [0.2, 0.25) is 0 Å². The molecule has 1 aromatic heterocycles. The summed E-state index contributed by atoms with van der Waals surface area (Å²) < 4.78 is 18.4. The highest BCUT2D eigenvalue weighted by molar-refractivity contribution is 9.10. The van der Waals surface area contributed by atoms with Gasteiger partial charge in [0.25, 0.3) is 0 Å². The quantitative estimate of drug-likeness (QED) is 0.446. The van der Waals surface area contributed by atoms with Crippen molar-refractivity contribution in [2.24, 2.45) is 0 Å². The number of carbonyl (C=O) groups excluding carboxylic acids is 1. The third-order valence-corrected chi connectivity index (χ3v) is 5.17. The molecule has 0 saturated carbocycles. The van der Waals surface area contributed by atoms with Crippen LogP contribution in [0.1, 0.15) is 13.3 Å². The molecule has 0 aliphatic rings. The SMILES string of the molecule is CCOC(=O)CCn1nc(-c2cccc(OC)c2)c(Br)c1-c1cccc(OC)c1. The Balaban J connectivity index is 2.08. The second-order valence-electron chi connectivity index (χ2n) is 6.25. The fraction of sp³-hybridized carbons (Fsp3) is 0.273. The number of benzene rings is 2. The highest BCUT2D eigenvalue weighted by Gasteiger charge is 2.20. The number of rotatable bonds is 8. The van der Waals surface area contributed by atoms with Gasteiger partial charge in [-0.15, -0.1) is 0 Å². The van der Waals surface area contributed by atoms with E-state index in [0.717, 1.165) is 38.5 Å². The summed E-state index contributed by atoms with van der Waals surface area (Å²) in [5, 5.41) is 4.78. The maximum atomic E-state index is 11.9. The van der Waals surface area contributed by atoms with Crippen LogP contribution >= 0.6 is 15.9 Å². The van der Waals surface area contributed by atoms with Crippen molar-refractivity contribution in [2.75, 3.05) is 20.8 Å². The predicted molar refractivity (Wildman–Crippen MR) is 115 cm³/mol. The summed E-state index contributed by atoms with van der Waals surface area (Å²) in [6.07, 6.45) is 0.233. The molecular formula is C22H23BrN2O4. The molecule has 0 N–H and O–H groups in total. The van der Waals surface area contributed by atoms with Crippen LogP contribution in [0.25, 0.3) is 22.5 Å². The van der Waals surface area contributed by atoms with Crippen LogP contribution in [0.2, 0.25) is 0 Å². The molecule has 152 valence electrons. The summed E-state index contributed by atoms with van der Waals surface area (Å²) in [6, 6.07) is 15.5.